The van der Waals surface area contributed by atoms with Crippen molar-refractivity contribution in [1.82, 2.24) is 0 Å². The lowest BCUT2D eigenvalue weighted by Crippen LogP contribution is -2.24. The Bertz CT molecular complexity index is 126. The Morgan fingerprint density at radius 2 is 2.00 bits per heavy atom. The van der Waals surface area contributed by atoms with Crippen LogP contribution in [0.2, 0.25) is 19.6 Å². The Balaban J connectivity index is 3.79. The highest BCUT2D eigenvalue weighted by Crippen LogP contribution is 2.09. The molecule has 0 radical (unpaired) electrons. The lowest BCUT2D eigenvalue weighted by atomic mass is 10.5. The molecule has 3 heteroatoms. The van der Waals surface area contributed by atoms with Crippen molar-refractivity contribution in [2.75, 3.05) is 5.88 Å². The Labute approximate surface area is 69.2 Å². The Morgan fingerprint density at radius 3 is 2.30 bits per heavy atom. The second kappa shape index (κ2) is 4.04. The van der Waals surface area contributed by atoms with Crippen LogP contribution in [0.4, 0.5) is 0 Å². The molecule has 0 saturated carbocycles. The van der Waals surface area contributed by atoms with E-state index in [1.165, 1.54) is 0 Å². The standard InChI is InChI=1S/C7H15ClOSi/c1-7(5-6-8)9-10(2,3)4/h5H,6H2,1-4H3. The highest BCUT2D eigenvalue weighted by atomic mass is 35.5. The van der Waals surface area contributed by atoms with E-state index in [2.05, 4.69) is 19.6 Å². The monoisotopic (exact) mass is 178 g/mol. The number of alkyl halides is 1. The summed E-state index contributed by atoms with van der Waals surface area (Å²) in [6.07, 6.45) is 1.89. The second-order valence-corrected chi connectivity index (χ2v) is 7.92. The molecule has 0 rings (SSSR count). The predicted molar refractivity (Wildman–Crippen MR) is 48.9 cm³/mol. The van der Waals surface area contributed by atoms with Gasteiger partial charge in [-0.25, -0.2) is 0 Å². The summed E-state index contributed by atoms with van der Waals surface area (Å²) in [5.41, 5.74) is 0. The minimum absolute atomic E-state index is 0.538. The lowest BCUT2D eigenvalue weighted by molar-refractivity contribution is 0.423. The maximum Gasteiger partial charge on any atom is 0.241 e. The number of rotatable bonds is 3. The van der Waals surface area contributed by atoms with Crippen molar-refractivity contribution in [3.05, 3.63) is 11.8 Å². The SMILES string of the molecule is CC(=CCCl)O[Si](C)(C)C. The van der Waals surface area contributed by atoms with Gasteiger partial charge in [0, 0.05) is 5.88 Å². The van der Waals surface area contributed by atoms with Gasteiger partial charge >= 0.3 is 0 Å². The number of hydrogen-bond donors (Lipinski definition) is 0. The van der Waals surface area contributed by atoms with Crippen LogP contribution < -0.4 is 0 Å². The summed E-state index contributed by atoms with van der Waals surface area (Å²) in [5.74, 6) is 1.49. The molecule has 0 aromatic rings. The summed E-state index contributed by atoms with van der Waals surface area (Å²) in [4.78, 5) is 0. The first-order valence-corrected chi connectivity index (χ1v) is 7.32. The van der Waals surface area contributed by atoms with Gasteiger partial charge in [0.2, 0.25) is 8.32 Å². The quantitative estimate of drug-likeness (QED) is 0.367. The van der Waals surface area contributed by atoms with Crippen LogP contribution in [0.1, 0.15) is 6.92 Å². The molecular weight excluding hydrogens is 164 g/mol. The van der Waals surface area contributed by atoms with E-state index in [9.17, 15) is 0 Å². The highest BCUT2D eigenvalue weighted by molar-refractivity contribution is 6.70. The molecule has 0 amide bonds. The van der Waals surface area contributed by atoms with Crippen LogP contribution in [0, 0.1) is 0 Å². The van der Waals surface area contributed by atoms with Crippen molar-refractivity contribution < 1.29 is 4.43 Å². The molecule has 0 aliphatic rings. The Kier molecular flexibility index (Phi) is 4.06. The normalized spacial score (nSPS) is 13.5. The van der Waals surface area contributed by atoms with Crippen LogP contribution in [0.5, 0.6) is 0 Å². The van der Waals surface area contributed by atoms with Crippen LogP contribution >= 0.6 is 11.6 Å². The fraction of sp³-hybridized carbons (Fsp3) is 0.714. The molecule has 0 aromatic heterocycles. The molecule has 0 spiro atoms. The summed E-state index contributed by atoms with van der Waals surface area (Å²) in [6.45, 7) is 8.40. The summed E-state index contributed by atoms with van der Waals surface area (Å²) in [7, 11) is -1.38. The maximum atomic E-state index is 5.59. The zero-order valence-electron chi connectivity index (χ0n) is 7.07. The molecule has 60 valence electrons. The zero-order valence-corrected chi connectivity index (χ0v) is 8.83. The van der Waals surface area contributed by atoms with Gasteiger partial charge in [0.15, 0.2) is 0 Å². The van der Waals surface area contributed by atoms with Crippen LogP contribution in [0.25, 0.3) is 0 Å². The minimum atomic E-state index is -1.38. The van der Waals surface area contributed by atoms with Gasteiger partial charge in [-0.2, -0.15) is 0 Å². The van der Waals surface area contributed by atoms with E-state index in [1.54, 1.807) is 0 Å². The van der Waals surface area contributed by atoms with Gasteiger partial charge < -0.3 is 4.43 Å². The molecule has 0 saturated heterocycles. The van der Waals surface area contributed by atoms with E-state index in [1.807, 2.05) is 13.0 Å². The minimum Gasteiger partial charge on any atom is -0.548 e. The van der Waals surface area contributed by atoms with Gasteiger partial charge in [-0.3, -0.25) is 0 Å². The topological polar surface area (TPSA) is 9.23 Å². The molecular formula is C7H15ClOSi. The maximum absolute atomic E-state index is 5.59. The average Bonchev–Trinajstić information content (AvgIpc) is 1.59. The highest BCUT2D eigenvalue weighted by Gasteiger charge is 2.15. The molecule has 0 fully saturated rings. The van der Waals surface area contributed by atoms with E-state index in [0.29, 0.717) is 5.88 Å². The summed E-state index contributed by atoms with van der Waals surface area (Å²) < 4.78 is 5.59. The first-order valence-electron chi connectivity index (χ1n) is 3.37. The molecule has 0 aliphatic heterocycles. The third kappa shape index (κ3) is 6.17. The molecule has 0 bridgehead atoms. The Hall–Kier alpha value is 0.0469. The van der Waals surface area contributed by atoms with E-state index < -0.39 is 8.32 Å². The van der Waals surface area contributed by atoms with E-state index >= 15 is 0 Å². The van der Waals surface area contributed by atoms with Crippen molar-refractivity contribution >= 4 is 19.9 Å². The van der Waals surface area contributed by atoms with E-state index in [0.717, 1.165) is 5.76 Å². The predicted octanol–water partition coefficient (Wildman–Crippen LogP) is 2.98. The molecule has 10 heavy (non-hydrogen) atoms. The zero-order chi connectivity index (χ0) is 8.20. The smallest absolute Gasteiger partial charge is 0.241 e. The van der Waals surface area contributed by atoms with Crippen molar-refractivity contribution in [2.24, 2.45) is 0 Å². The lowest BCUT2D eigenvalue weighted by Gasteiger charge is -2.19. The van der Waals surface area contributed by atoms with Gasteiger partial charge in [0.1, 0.15) is 0 Å². The van der Waals surface area contributed by atoms with Crippen molar-refractivity contribution in [1.29, 1.82) is 0 Å². The molecule has 0 N–H and O–H groups in total. The van der Waals surface area contributed by atoms with Crippen LogP contribution in [0.3, 0.4) is 0 Å². The first-order chi connectivity index (χ1) is 4.45. The van der Waals surface area contributed by atoms with Crippen LogP contribution in [-0.4, -0.2) is 14.2 Å². The van der Waals surface area contributed by atoms with Gasteiger partial charge in [-0.05, 0) is 32.6 Å². The van der Waals surface area contributed by atoms with Crippen molar-refractivity contribution in [3.8, 4) is 0 Å². The largest absolute Gasteiger partial charge is 0.548 e. The Morgan fingerprint density at radius 1 is 1.50 bits per heavy atom. The molecule has 0 aliphatic carbocycles. The molecule has 0 aromatic carbocycles. The molecule has 0 atom stereocenters. The van der Waals surface area contributed by atoms with Crippen LogP contribution in [0.15, 0.2) is 11.8 Å². The van der Waals surface area contributed by atoms with Crippen molar-refractivity contribution in [3.63, 3.8) is 0 Å². The summed E-state index contributed by atoms with van der Waals surface area (Å²) in [5, 5.41) is 0. The number of hydrogen-bond acceptors (Lipinski definition) is 1. The van der Waals surface area contributed by atoms with Crippen LogP contribution in [-0.2, 0) is 4.43 Å². The second-order valence-electron chi connectivity index (χ2n) is 3.18. The summed E-state index contributed by atoms with van der Waals surface area (Å²) in [6, 6.07) is 0. The fourth-order valence-corrected chi connectivity index (χ4v) is 1.90. The van der Waals surface area contributed by atoms with Gasteiger partial charge in [0.25, 0.3) is 0 Å². The van der Waals surface area contributed by atoms with Gasteiger partial charge in [0.05, 0.1) is 5.76 Å². The third-order valence-electron chi connectivity index (χ3n) is 0.832. The molecule has 0 unspecified atom stereocenters. The fourth-order valence-electron chi connectivity index (χ4n) is 0.633. The number of allylic oxidation sites excluding steroid dienone is 2. The third-order valence-corrected chi connectivity index (χ3v) is 1.92. The van der Waals surface area contributed by atoms with E-state index in [4.69, 9.17) is 16.0 Å². The van der Waals surface area contributed by atoms with Crippen molar-refractivity contribution in [2.45, 2.75) is 26.6 Å². The van der Waals surface area contributed by atoms with Gasteiger partial charge in [-0.15, -0.1) is 11.6 Å². The van der Waals surface area contributed by atoms with Gasteiger partial charge in [-0.1, -0.05) is 0 Å². The molecule has 1 nitrogen and oxygen atoms in total. The summed E-state index contributed by atoms with van der Waals surface area (Å²) >= 11 is 5.48. The first kappa shape index (κ1) is 10.0. The average molecular weight is 179 g/mol. The molecule has 0 heterocycles. The van der Waals surface area contributed by atoms with E-state index in [-0.39, 0.29) is 0 Å². The number of halogens is 1.